The van der Waals surface area contributed by atoms with Crippen LogP contribution in [0.3, 0.4) is 0 Å². The molecular weight excluding hydrogens is 359 g/mol. The van der Waals surface area contributed by atoms with Gasteiger partial charge in [-0.15, -0.1) is 0 Å². The van der Waals surface area contributed by atoms with Crippen LogP contribution < -0.4 is 9.47 Å². The maximum absolute atomic E-state index is 13.5. The fourth-order valence-electron chi connectivity index (χ4n) is 4.50. The summed E-state index contributed by atoms with van der Waals surface area (Å²) in [4.78, 5) is 17.0. The second-order valence-electron chi connectivity index (χ2n) is 7.79. The Morgan fingerprint density at radius 3 is 2.89 bits per heavy atom. The molecule has 0 N–H and O–H groups in total. The topological polar surface area (TPSA) is 42.0 Å². The number of carbonyl (C=O) groups is 1. The maximum Gasteiger partial charge on any atom is 0.254 e. The SMILES string of the molecule is O=C1c2ccc(F)cc2CN1C1CCCN(CC2COc3ccccc3O2)C1. The predicted octanol–water partition coefficient (Wildman–Crippen LogP) is 3.09. The number of benzene rings is 2. The molecule has 2 aromatic carbocycles. The highest BCUT2D eigenvalue weighted by Gasteiger charge is 2.36. The zero-order valence-corrected chi connectivity index (χ0v) is 15.6. The number of halogens is 1. The highest BCUT2D eigenvalue weighted by molar-refractivity contribution is 5.98. The molecule has 2 atom stereocenters. The fraction of sp³-hybridized carbons (Fsp3) is 0.409. The number of piperidine rings is 1. The minimum atomic E-state index is -0.284. The maximum atomic E-state index is 13.5. The van der Waals surface area contributed by atoms with Crippen LogP contribution in [0.2, 0.25) is 0 Å². The van der Waals surface area contributed by atoms with Gasteiger partial charge in [0.25, 0.3) is 5.91 Å². The van der Waals surface area contributed by atoms with Crippen molar-refractivity contribution in [3.8, 4) is 11.5 Å². The zero-order chi connectivity index (χ0) is 19.1. The van der Waals surface area contributed by atoms with Crippen LogP contribution in [-0.2, 0) is 6.54 Å². The van der Waals surface area contributed by atoms with Crippen molar-refractivity contribution in [3.05, 3.63) is 59.4 Å². The van der Waals surface area contributed by atoms with Gasteiger partial charge in [0.1, 0.15) is 18.5 Å². The summed E-state index contributed by atoms with van der Waals surface area (Å²) < 4.78 is 25.4. The first kappa shape index (κ1) is 17.5. The van der Waals surface area contributed by atoms with Gasteiger partial charge in [0.05, 0.1) is 0 Å². The first-order valence-electron chi connectivity index (χ1n) is 9.87. The zero-order valence-electron chi connectivity index (χ0n) is 15.6. The lowest BCUT2D eigenvalue weighted by atomic mass is 10.0. The van der Waals surface area contributed by atoms with Crippen LogP contribution in [0.4, 0.5) is 4.39 Å². The third-order valence-corrected chi connectivity index (χ3v) is 5.85. The van der Waals surface area contributed by atoms with E-state index in [0.717, 1.165) is 49.5 Å². The predicted molar refractivity (Wildman–Crippen MR) is 102 cm³/mol. The molecule has 5 rings (SSSR count). The van der Waals surface area contributed by atoms with E-state index < -0.39 is 0 Å². The Morgan fingerprint density at radius 2 is 2.00 bits per heavy atom. The number of rotatable bonds is 3. The average Bonchev–Trinajstić information content (AvgIpc) is 3.04. The molecule has 28 heavy (non-hydrogen) atoms. The van der Waals surface area contributed by atoms with Crippen molar-refractivity contribution in [1.29, 1.82) is 0 Å². The molecule has 0 aliphatic carbocycles. The summed E-state index contributed by atoms with van der Waals surface area (Å²) in [5.41, 5.74) is 1.43. The summed E-state index contributed by atoms with van der Waals surface area (Å²) in [7, 11) is 0. The Labute approximate surface area is 163 Å². The standard InChI is InChI=1S/C22H23FN2O3/c23-16-7-8-19-15(10-16)11-25(22(19)26)17-4-3-9-24(12-17)13-18-14-27-20-5-1-2-6-21(20)28-18/h1-2,5-8,10,17-18H,3-4,9,11-14H2. The van der Waals surface area contributed by atoms with Crippen molar-refractivity contribution in [2.75, 3.05) is 26.2 Å². The van der Waals surface area contributed by atoms with Crippen molar-refractivity contribution in [2.45, 2.75) is 31.5 Å². The fourth-order valence-corrected chi connectivity index (χ4v) is 4.50. The molecule has 0 aromatic heterocycles. The van der Waals surface area contributed by atoms with E-state index in [1.54, 1.807) is 6.07 Å². The van der Waals surface area contributed by atoms with E-state index in [4.69, 9.17) is 9.47 Å². The van der Waals surface area contributed by atoms with Crippen LogP contribution in [0.5, 0.6) is 11.5 Å². The highest BCUT2D eigenvalue weighted by Crippen LogP contribution is 2.32. The molecule has 1 amide bonds. The van der Waals surface area contributed by atoms with Crippen LogP contribution in [0.25, 0.3) is 0 Å². The molecule has 2 aromatic rings. The number of nitrogens with zero attached hydrogens (tertiary/aromatic N) is 2. The van der Waals surface area contributed by atoms with Gasteiger partial charge in [-0.05, 0) is 55.3 Å². The second kappa shape index (κ2) is 7.09. The molecule has 6 heteroatoms. The Bertz CT molecular complexity index is 903. The molecule has 3 aliphatic heterocycles. The lowest BCUT2D eigenvalue weighted by Gasteiger charge is -2.39. The molecular formula is C22H23FN2O3. The number of likely N-dealkylation sites (tertiary alicyclic amines) is 1. The van der Waals surface area contributed by atoms with Gasteiger partial charge in [0, 0.05) is 31.2 Å². The minimum Gasteiger partial charge on any atom is -0.486 e. The molecule has 1 saturated heterocycles. The average molecular weight is 382 g/mol. The number of amides is 1. The van der Waals surface area contributed by atoms with Gasteiger partial charge in [-0.2, -0.15) is 0 Å². The van der Waals surface area contributed by atoms with E-state index in [9.17, 15) is 9.18 Å². The van der Waals surface area contributed by atoms with Crippen molar-refractivity contribution in [2.24, 2.45) is 0 Å². The van der Waals surface area contributed by atoms with Gasteiger partial charge in [-0.1, -0.05) is 12.1 Å². The number of ether oxygens (including phenoxy) is 2. The first-order valence-corrected chi connectivity index (χ1v) is 9.87. The number of para-hydroxylation sites is 2. The first-order chi connectivity index (χ1) is 13.7. The molecule has 1 fully saturated rings. The van der Waals surface area contributed by atoms with E-state index >= 15 is 0 Å². The Morgan fingerprint density at radius 1 is 1.14 bits per heavy atom. The van der Waals surface area contributed by atoms with Gasteiger partial charge in [0.15, 0.2) is 11.5 Å². The van der Waals surface area contributed by atoms with Crippen LogP contribution >= 0.6 is 0 Å². The van der Waals surface area contributed by atoms with Crippen molar-refractivity contribution in [3.63, 3.8) is 0 Å². The summed E-state index contributed by atoms with van der Waals surface area (Å²) in [6.45, 7) is 3.60. The van der Waals surface area contributed by atoms with Crippen molar-refractivity contribution < 1.29 is 18.7 Å². The van der Waals surface area contributed by atoms with Crippen LogP contribution in [0, 0.1) is 5.82 Å². The minimum absolute atomic E-state index is 0.0192. The van der Waals surface area contributed by atoms with Crippen molar-refractivity contribution >= 4 is 5.91 Å². The monoisotopic (exact) mass is 382 g/mol. The van der Waals surface area contributed by atoms with Gasteiger partial charge in [-0.25, -0.2) is 4.39 Å². The summed E-state index contributed by atoms with van der Waals surface area (Å²) in [5.74, 6) is 1.32. The van der Waals surface area contributed by atoms with E-state index in [1.165, 1.54) is 12.1 Å². The Hall–Kier alpha value is -2.60. The molecule has 0 spiro atoms. The molecule has 0 bridgehead atoms. The van der Waals surface area contributed by atoms with Gasteiger partial charge in [-0.3, -0.25) is 9.69 Å². The Balaban J connectivity index is 1.23. The van der Waals surface area contributed by atoms with Crippen molar-refractivity contribution in [1.82, 2.24) is 9.80 Å². The molecule has 3 aliphatic rings. The number of hydrogen-bond donors (Lipinski definition) is 0. The molecule has 5 nitrogen and oxygen atoms in total. The summed E-state index contributed by atoms with van der Waals surface area (Å²) >= 11 is 0. The quantitative estimate of drug-likeness (QED) is 0.818. The van der Waals surface area contributed by atoms with E-state index in [2.05, 4.69) is 4.90 Å². The third-order valence-electron chi connectivity index (χ3n) is 5.85. The lowest BCUT2D eigenvalue weighted by molar-refractivity contribution is 0.0306. The lowest BCUT2D eigenvalue weighted by Crippen LogP contribution is -2.51. The van der Waals surface area contributed by atoms with E-state index in [-0.39, 0.29) is 23.9 Å². The number of fused-ring (bicyclic) bond motifs is 2. The van der Waals surface area contributed by atoms with Crippen LogP contribution in [-0.4, -0.2) is 54.1 Å². The summed E-state index contributed by atoms with van der Waals surface area (Å²) in [6.07, 6.45) is 1.99. The Kier molecular flexibility index (Phi) is 4.43. The molecule has 3 heterocycles. The summed E-state index contributed by atoms with van der Waals surface area (Å²) in [5, 5.41) is 0. The van der Waals surface area contributed by atoms with Gasteiger partial charge in [0.2, 0.25) is 0 Å². The second-order valence-corrected chi connectivity index (χ2v) is 7.79. The number of carbonyl (C=O) groups excluding carboxylic acids is 1. The van der Waals surface area contributed by atoms with Crippen LogP contribution in [0.15, 0.2) is 42.5 Å². The van der Waals surface area contributed by atoms with Gasteiger partial charge >= 0.3 is 0 Å². The molecule has 146 valence electrons. The molecule has 0 saturated carbocycles. The smallest absolute Gasteiger partial charge is 0.254 e. The third kappa shape index (κ3) is 3.22. The number of hydrogen-bond acceptors (Lipinski definition) is 4. The largest absolute Gasteiger partial charge is 0.486 e. The highest BCUT2D eigenvalue weighted by atomic mass is 19.1. The van der Waals surface area contributed by atoms with E-state index in [1.807, 2.05) is 29.2 Å². The molecule has 2 unspecified atom stereocenters. The van der Waals surface area contributed by atoms with Crippen LogP contribution in [0.1, 0.15) is 28.8 Å². The summed E-state index contributed by atoms with van der Waals surface area (Å²) in [6, 6.07) is 12.3. The normalized spacial score (nSPS) is 24.3. The molecule has 0 radical (unpaired) electrons. The van der Waals surface area contributed by atoms with Gasteiger partial charge < -0.3 is 14.4 Å². The van der Waals surface area contributed by atoms with E-state index in [0.29, 0.717) is 18.7 Å².